The summed E-state index contributed by atoms with van der Waals surface area (Å²) >= 11 is 0. The number of aliphatic imine (C=N–C) groups is 2. The highest BCUT2D eigenvalue weighted by Crippen LogP contribution is 2.24. The fraction of sp³-hybridized carbons (Fsp3) is 0.297. The van der Waals surface area contributed by atoms with E-state index in [1.54, 1.807) is 0 Å². The molecule has 6 rings (SSSR count). The van der Waals surface area contributed by atoms with E-state index in [1.165, 1.54) is 0 Å². The molecule has 232 valence electrons. The van der Waals surface area contributed by atoms with Crippen molar-refractivity contribution < 1.29 is 28.4 Å². The SMILES string of the molecule is CC(C)(COc1ccc(C=Nc2ccc(OCC3CO3)cc2)cc1)COc1ccc(C=Nc2ccc(OCC3CO3)cc2)cc1. The average Bonchev–Trinajstić information content (AvgIpc) is 4.01. The normalized spacial score (nSPS) is 17.4. The highest BCUT2D eigenvalue weighted by atomic mass is 16.6. The van der Waals surface area contributed by atoms with Crippen LogP contribution >= 0.6 is 0 Å². The number of rotatable bonds is 16. The minimum Gasteiger partial charge on any atom is -0.493 e. The molecule has 2 saturated heterocycles. The number of hydrogen-bond acceptors (Lipinski definition) is 8. The van der Waals surface area contributed by atoms with Crippen molar-refractivity contribution in [3.8, 4) is 23.0 Å². The van der Waals surface area contributed by atoms with Crippen molar-refractivity contribution in [1.29, 1.82) is 0 Å². The zero-order chi connectivity index (χ0) is 30.9. The second kappa shape index (κ2) is 14.4. The molecule has 8 nitrogen and oxygen atoms in total. The molecule has 4 aromatic rings. The Hall–Kier alpha value is -4.66. The van der Waals surface area contributed by atoms with E-state index in [1.807, 2.05) is 109 Å². The molecule has 2 fully saturated rings. The van der Waals surface area contributed by atoms with Crippen molar-refractivity contribution in [3.63, 3.8) is 0 Å². The lowest BCUT2D eigenvalue weighted by atomic mass is 9.96. The van der Waals surface area contributed by atoms with E-state index in [0.717, 1.165) is 58.7 Å². The summed E-state index contributed by atoms with van der Waals surface area (Å²) in [4.78, 5) is 9.12. The fourth-order valence-corrected chi connectivity index (χ4v) is 4.16. The Balaban J connectivity index is 0.910. The van der Waals surface area contributed by atoms with Gasteiger partial charge in [0.05, 0.1) is 37.8 Å². The van der Waals surface area contributed by atoms with Gasteiger partial charge in [-0.05, 0) is 108 Å². The van der Waals surface area contributed by atoms with Crippen molar-refractivity contribution in [2.24, 2.45) is 15.4 Å². The van der Waals surface area contributed by atoms with Crippen LogP contribution in [0.4, 0.5) is 11.4 Å². The summed E-state index contributed by atoms with van der Waals surface area (Å²) in [6.45, 7) is 8.06. The summed E-state index contributed by atoms with van der Waals surface area (Å²) in [5.74, 6) is 3.26. The van der Waals surface area contributed by atoms with Gasteiger partial charge in [-0.3, -0.25) is 9.98 Å². The average molecular weight is 607 g/mol. The van der Waals surface area contributed by atoms with Crippen LogP contribution in [0.5, 0.6) is 23.0 Å². The second-order valence-electron chi connectivity index (χ2n) is 11.9. The zero-order valence-corrected chi connectivity index (χ0v) is 25.6. The predicted octanol–water partition coefficient (Wildman–Crippen LogP) is 7.23. The third-order valence-corrected chi connectivity index (χ3v) is 7.09. The smallest absolute Gasteiger partial charge is 0.119 e. The van der Waals surface area contributed by atoms with Gasteiger partial charge in [-0.2, -0.15) is 0 Å². The van der Waals surface area contributed by atoms with Crippen LogP contribution in [0.25, 0.3) is 0 Å². The number of benzene rings is 4. The van der Waals surface area contributed by atoms with Crippen molar-refractivity contribution >= 4 is 23.8 Å². The Labute approximate surface area is 264 Å². The molecule has 0 aliphatic carbocycles. The van der Waals surface area contributed by atoms with E-state index in [9.17, 15) is 0 Å². The zero-order valence-electron chi connectivity index (χ0n) is 25.6. The molecule has 2 aliphatic rings. The first-order valence-electron chi connectivity index (χ1n) is 15.2. The first-order chi connectivity index (χ1) is 22.0. The molecule has 0 aromatic heterocycles. The lowest BCUT2D eigenvalue weighted by Gasteiger charge is -2.25. The van der Waals surface area contributed by atoms with Crippen LogP contribution in [0, 0.1) is 5.41 Å². The molecule has 8 heteroatoms. The standard InChI is InChI=1S/C37H38N2O6/c1-37(2,25-44-33-11-3-27(4-12-33)19-38-29-7-15-31(16-8-29)40-21-35-23-42-35)26-45-34-13-5-28(6-14-34)20-39-30-9-17-32(18-10-30)41-22-36-24-43-36/h3-20,35-36H,21-26H2,1-2H3. The summed E-state index contributed by atoms with van der Waals surface area (Å²) in [5.41, 5.74) is 3.52. The first-order valence-corrected chi connectivity index (χ1v) is 15.2. The van der Waals surface area contributed by atoms with Gasteiger partial charge in [0.25, 0.3) is 0 Å². The topological polar surface area (TPSA) is 86.7 Å². The molecule has 2 heterocycles. The second-order valence-corrected chi connectivity index (χ2v) is 11.9. The number of epoxide rings is 2. The molecule has 0 radical (unpaired) electrons. The Bertz CT molecular complexity index is 1440. The Morgan fingerprint density at radius 3 is 1.24 bits per heavy atom. The summed E-state index contributed by atoms with van der Waals surface area (Å²) in [7, 11) is 0. The minimum absolute atomic E-state index is 0.191. The maximum absolute atomic E-state index is 6.08. The summed E-state index contributed by atoms with van der Waals surface area (Å²) in [5, 5.41) is 0. The van der Waals surface area contributed by atoms with Gasteiger partial charge in [-0.15, -0.1) is 0 Å². The van der Waals surface area contributed by atoms with Gasteiger partial charge in [0.15, 0.2) is 0 Å². The molecule has 0 amide bonds. The van der Waals surface area contributed by atoms with E-state index in [4.69, 9.17) is 28.4 Å². The lowest BCUT2D eigenvalue weighted by molar-refractivity contribution is 0.110. The molecule has 4 aromatic carbocycles. The van der Waals surface area contributed by atoms with Gasteiger partial charge in [0.1, 0.15) is 48.4 Å². The van der Waals surface area contributed by atoms with Crippen LogP contribution in [-0.4, -0.2) is 64.3 Å². The van der Waals surface area contributed by atoms with Crippen molar-refractivity contribution in [2.45, 2.75) is 26.1 Å². The number of nitrogens with zero attached hydrogens (tertiary/aromatic N) is 2. The quantitative estimate of drug-likeness (QED) is 0.0988. The van der Waals surface area contributed by atoms with Crippen LogP contribution in [0.1, 0.15) is 25.0 Å². The molecule has 2 unspecified atom stereocenters. The highest BCUT2D eigenvalue weighted by Gasteiger charge is 2.24. The number of ether oxygens (including phenoxy) is 6. The molecule has 2 atom stereocenters. The van der Waals surface area contributed by atoms with E-state index in [-0.39, 0.29) is 17.6 Å². The van der Waals surface area contributed by atoms with Crippen LogP contribution < -0.4 is 18.9 Å². The van der Waals surface area contributed by atoms with Crippen molar-refractivity contribution in [3.05, 3.63) is 108 Å². The van der Waals surface area contributed by atoms with Crippen LogP contribution in [0.2, 0.25) is 0 Å². The monoisotopic (exact) mass is 606 g/mol. The van der Waals surface area contributed by atoms with Gasteiger partial charge in [0.2, 0.25) is 0 Å². The van der Waals surface area contributed by atoms with E-state index < -0.39 is 0 Å². The Morgan fingerprint density at radius 1 is 0.556 bits per heavy atom. The molecule has 0 bridgehead atoms. The molecule has 0 saturated carbocycles. The first kappa shape index (κ1) is 30.4. The molecular formula is C37H38N2O6. The van der Waals surface area contributed by atoms with Gasteiger partial charge >= 0.3 is 0 Å². The lowest BCUT2D eigenvalue weighted by Crippen LogP contribution is -2.28. The maximum atomic E-state index is 6.08. The summed E-state index contributed by atoms with van der Waals surface area (Å²) < 4.78 is 33.9. The predicted molar refractivity (Wildman–Crippen MR) is 176 cm³/mol. The van der Waals surface area contributed by atoms with Crippen molar-refractivity contribution in [1.82, 2.24) is 0 Å². The van der Waals surface area contributed by atoms with Gasteiger partial charge in [0, 0.05) is 17.8 Å². The third kappa shape index (κ3) is 10.2. The van der Waals surface area contributed by atoms with Crippen molar-refractivity contribution in [2.75, 3.05) is 39.6 Å². The third-order valence-electron chi connectivity index (χ3n) is 7.09. The van der Waals surface area contributed by atoms with E-state index in [0.29, 0.717) is 26.4 Å². The van der Waals surface area contributed by atoms with Crippen LogP contribution in [-0.2, 0) is 9.47 Å². The highest BCUT2D eigenvalue weighted by molar-refractivity contribution is 5.82. The minimum atomic E-state index is -0.191. The van der Waals surface area contributed by atoms with E-state index in [2.05, 4.69) is 23.8 Å². The van der Waals surface area contributed by atoms with Crippen LogP contribution in [0.15, 0.2) is 107 Å². The maximum Gasteiger partial charge on any atom is 0.119 e. The summed E-state index contributed by atoms with van der Waals surface area (Å²) in [6.07, 6.45) is 4.17. The molecular weight excluding hydrogens is 568 g/mol. The van der Waals surface area contributed by atoms with Gasteiger partial charge in [-0.25, -0.2) is 0 Å². The molecule has 0 N–H and O–H groups in total. The molecule has 0 spiro atoms. The van der Waals surface area contributed by atoms with Gasteiger partial charge in [-0.1, -0.05) is 13.8 Å². The summed E-state index contributed by atoms with van der Waals surface area (Å²) in [6, 6.07) is 31.3. The van der Waals surface area contributed by atoms with Gasteiger partial charge < -0.3 is 28.4 Å². The van der Waals surface area contributed by atoms with E-state index >= 15 is 0 Å². The largest absolute Gasteiger partial charge is 0.493 e. The Kier molecular flexibility index (Phi) is 9.73. The fourth-order valence-electron chi connectivity index (χ4n) is 4.16. The van der Waals surface area contributed by atoms with Crippen LogP contribution in [0.3, 0.4) is 0 Å². The molecule has 2 aliphatic heterocycles. The Morgan fingerprint density at radius 2 is 0.889 bits per heavy atom. The molecule has 45 heavy (non-hydrogen) atoms. The number of hydrogen-bond donors (Lipinski definition) is 0.